The molecule has 0 unspecified atom stereocenters. The number of fused-ring (bicyclic) bond motifs is 4. The zero-order valence-electron chi connectivity index (χ0n) is 21.3. The van der Waals surface area contributed by atoms with Gasteiger partial charge >= 0.3 is 13.6 Å². The largest absolute Gasteiger partial charge is 0.387 e. The van der Waals surface area contributed by atoms with Gasteiger partial charge in [0, 0.05) is 12.0 Å². The molecule has 1 saturated carbocycles. The zero-order valence-corrected chi connectivity index (χ0v) is 24.9. The van der Waals surface area contributed by atoms with Crippen LogP contribution < -0.4 is 16.6 Å². The first kappa shape index (κ1) is 29.9. The number of aliphatic hydroxyl groups is 1. The van der Waals surface area contributed by atoms with Crippen molar-refractivity contribution >= 4 is 61.0 Å². The van der Waals surface area contributed by atoms with Gasteiger partial charge in [-0.2, -0.15) is 4.98 Å². The summed E-state index contributed by atoms with van der Waals surface area (Å²) in [6, 6.07) is -0.405. The third kappa shape index (κ3) is 6.10. The predicted molar refractivity (Wildman–Crippen MR) is 149 cm³/mol. The second-order valence-corrected chi connectivity index (χ2v) is 15.6. The van der Waals surface area contributed by atoms with Gasteiger partial charge in [-0.15, -0.1) is 0 Å². The lowest BCUT2D eigenvalue weighted by molar-refractivity contribution is -0.0487. The van der Waals surface area contributed by atoms with E-state index in [1.165, 1.54) is 17.2 Å². The molecular formula is C20H25FN8O9P2S2. The van der Waals surface area contributed by atoms with Gasteiger partial charge < -0.3 is 25.4 Å². The molecule has 42 heavy (non-hydrogen) atoms. The van der Waals surface area contributed by atoms with Crippen LogP contribution in [0, 0.1) is 11.7 Å². The Kier molecular flexibility index (Phi) is 8.14. The van der Waals surface area contributed by atoms with E-state index >= 15 is 0 Å². The van der Waals surface area contributed by atoms with Gasteiger partial charge in [-0.05, 0) is 12.8 Å². The number of anilines is 2. The maximum atomic E-state index is 14.1. The first-order valence-electron chi connectivity index (χ1n) is 12.5. The van der Waals surface area contributed by atoms with Crippen LogP contribution >= 0.6 is 38.1 Å². The Hall–Kier alpha value is -2.12. The van der Waals surface area contributed by atoms with Crippen molar-refractivity contribution in [3.8, 4) is 0 Å². The standard InChI is InChI=1S/C20H25FN8O9P2S2/c21-10-3-23-6-24-16(10)26-9-1-8-4-34-40(33,42)38-15-14(30)12(5-35-39(32,41)37-11(8)2-9)36-19(15)29-7-25-13-17(29)27-20(22)28-18(13)31/h3,6-9,11-12,14-15,19,30H,1-2,4-5H2,(H,32,41)(H,33,42)(H,23,24,26)(H3,22,27,28,31)/t8-,9-,11+,12-,14-,15-,19-,39+,40-/m1/s1. The van der Waals surface area contributed by atoms with Crippen molar-refractivity contribution in [1.29, 1.82) is 0 Å². The molecule has 5 N–H and O–H groups in total. The summed E-state index contributed by atoms with van der Waals surface area (Å²) in [7, 11) is 0. The molecule has 0 spiro atoms. The van der Waals surface area contributed by atoms with Crippen LogP contribution in [0.3, 0.4) is 0 Å². The molecule has 0 aromatic carbocycles. The molecule has 0 radical (unpaired) electrons. The Bertz CT molecular complexity index is 1650. The first-order valence-corrected chi connectivity index (χ1v) is 17.9. The Balaban J connectivity index is 1.27. The van der Waals surface area contributed by atoms with Crippen molar-refractivity contribution in [3.05, 3.63) is 35.0 Å². The minimum Gasteiger partial charge on any atom is -0.387 e. The molecule has 6 rings (SSSR count). The summed E-state index contributed by atoms with van der Waals surface area (Å²) in [6.07, 6.45) is -2.25. The number of rotatable bonds is 3. The van der Waals surface area contributed by atoms with Crippen LogP contribution in [-0.2, 0) is 32.0 Å². The molecule has 2 aliphatic heterocycles. The predicted octanol–water partition coefficient (Wildman–Crippen LogP) is 1.67. The summed E-state index contributed by atoms with van der Waals surface area (Å²) < 4.78 is 70.5. The fraction of sp³-hybridized carbons (Fsp3) is 0.550. The lowest BCUT2D eigenvalue weighted by Gasteiger charge is -2.26. The summed E-state index contributed by atoms with van der Waals surface area (Å²) in [5.74, 6) is -1.43. The van der Waals surface area contributed by atoms with Crippen molar-refractivity contribution in [2.24, 2.45) is 5.92 Å². The highest BCUT2D eigenvalue weighted by molar-refractivity contribution is 8.44. The minimum atomic E-state index is -4.21. The third-order valence-electron chi connectivity index (χ3n) is 7.05. The van der Waals surface area contributed by atoms with Crippen LogP contribution in [-0.4, -0.2) is 78.3 Å². The smallest absolute Gasteiger partial charge is 0.386 e. The number of H-pyrrole nitrogens is 1. The summed E-state index contributed by atoms with van der Waals surface area (Å²) in [5, 5.41) is 14.0. The van der Waals surface area contributed by atoms with Crippen molar-refractivity contribution < 1.29 is 41.5 Å². The number of ether oxygens (including phenoxy) is 1. The highest BCUT2D eigenvalue weighted by atomic mass is 32.7. The molecule has 3 aliphatic rings. The Labute approximate surface area is 246 Å². The zero-order chi connectivity index (χ0) is 29.8. The van der Waals surface area contributed by atoms with Gasteiger partial charge in [0.15, 0.2) is 29.0 Å². The molecule has 2 bridgehead atoms. The van der Waals surface area contributed by atoms with Crippen LogP contribution in [0.1, 0.15) is 19.1 Å². The van der Waals surface area contributed by atoms with Gasteiger partial charge in [0.1, 0.15) is 24.6 Å². The van der Waals surface area contributed by atoms with E-state index in [9.17, 15) is 23.4 Å². The normalized spacial score (nSPS) is 37.5. The Morgan fingerprint density at radius 2 is 1.90 bits per heavy atom. The molecular weight excluding hydrogens is 641 g/mol. The Morgan fingerprint density at radius 1 is 1.14 bits per heavy atom. The Morgan fingerprint density at radius 3 is 2.69 bits per heavy atom. The molecule has 3 fully saturated rings. The number of hydrogen-bond acceptors (Lipinski definition) is 15. The summed E-state index contributed by atoms with van der Waals surface area (Å²) >= 11 is 8.20. The van der Waals surface area contributed by atoms with E-state index in [0.29, 0.717) is 6.42 Å². The number of thiol groups is 2. The number of nitrogens with two attached hydrogens (primary N) is 1. The molecule has 9 atom stereocenters. The summed E-state index contributed by atoms with van der Waals surface area (Å²) in [5.41, 5.74) is 4.99. The quantitative estimate of drug-likeness (QED) is 0.173. The van der Waals surface area contributed by atoms with Gasteiger partial charge in [0.2, 0.25) is 5.95 Å². The second-order valence-electron chi connectivity index (χ2n) is 9.87. The number of halogens is 1. The topological polar surface area (TPSA) is 228 Å². The van der Waals surface area contributed by atoms with Crippen LogP contribution in [0.15, 0.2) is 23.6 Å². The van der Waals surface area contributed by atoms with Crippen LogP contribution in [0.2, 0.25) is 0 Å². The number of nitrogens with one attached hydrogen (secondary N) is 2. The number of aromatic amines is 1. The number of aliphatic hydroxyl groups excluding tert-OH is 1. The second kappa shape index (κ2) is 11.4. The molecule has 3 aromatic rings. The fourth-order valence-electron chi connectivity index (χ4n) is 5.19. The first-order chi connectivity index (χ1) is 19.9. The van der Waals surface area contributed by atoms with Gasteiger partial charge in [0.05, 0.1) is 31.8 Å². The average molecular weight is 667 g/mol. The van der Waals surface area contributed by atoms with E-state index in [-0.39, 0.29) is 36.0 Å². The molecule has 22 heteroatoms. The van der Waals surface area contributed by atoms with Crippen LogP contribution in [0.4, 0.5) is 16.2 Å². The van der Waals surface area contributed by atoms with E-state index in [1.54, 1.807) is 0 Å². The molecule has 228 valence electrons. The van der Waals surface area contributed by atoms with E-state index in [1.807, 2.05) is 0 Å². The van der Waals surface area contributed by atoms with Crippen LogP contribution in [0.5, 0.6) is 0 Å². The van der Waals surface area contributed by atoms with Crippen molar-refractivity contribution in [3.63, 3.8) is 0 Å². The average Bonchev–Trinajstić information content (AvgIpc) is 3.58. The SMILES string of the molecule is Nc1nc2c(ncn2[C@@H]2O[C@@H]3CO[P@](=O)(S)O[C@H]4C[C@H](Nc5ncncc5F)C[C@@H]4CO[P@@](=O)(S)O[C@@H]2[C@@H]3O)c(=O)[nH]1. The van der Waals surface area contributed by atoms with Gasteiger partial charge in [-0.25, -0.2) is 28.5 Å². The lowest BCUT2D eigenvalue weighted by atomic mass is 10.1. The third-order valence-corrected chi connectivity index (χ3v) is 10.3. The van der Waals surface area contributed by atoms with Crippen molar-refractivity contribution in [2.75, 3.05) is 24.3 Å². The van der Waals surface area contributed by atoms with E-state index in [4.69, 9.17) is 28.6 Å². The minimum absolute atomic E-state index is 0.00434. The monoisotopic (exact) mass is 666 g/mol. The molecule has 17 nitrogen and oxygen atoms in total. The molecule has 0 amide bonds. The highest BCUT2D eigenvalue weighted by Gasteiger charge is 2.51. The van der Waals surface area contributed by atoms with Gasteiger partial charge in [-0.3, -0.25) is 27.9 Å². The summed E-state index contributed by atoms with van der Waals surface area (Å²) in [6.45, 7) is -9.00. The van der Waals surface area contributed by atoms with Crippen molar-refractivity contribution in [1.82, 2.24) is 29.5 Å². The van der Waals surface area contributed by atoms with Crippen LogP contribution in [0.25, 0.3) is 11.2 Å². The maximum Gasteiger partial charge on any atom is 0.386 e. The summed E-state index contributed by atoms with van der Waals surface area (Å²) in [4.78, 5) is 30.2. The molecule has 5 heterocycles. The number of imidazole rings is 1. The van der Waals surface area contributed by atoms with Gasteiger partial charge in [-0.1, -0.05) is 24.5 Å². The van der Waals surface area contributed by atoms with E-state index in [0.717, 1.165) is 6.20 Å². The molecule has 2 saturated heterocycles. The lowest BCUT2D eigenvalue weighted by Crippen LogP contribution is -2.35. The number of hydrogen-bond donors (Lipinski definition) is 6. The maximum absolute atomic E-state index is 14.1. The van der Waals surface area contributed by atoms with Gasteiger partial charge in [0.25, 0.3) is 5.56 Å². The highest BCUT2D eigenvalue weighted by Crippen LogP contribution is 2.60. The molecule has 3 aromatic heterocycles. The molecule has 1 aliphatic carbocycles. The van der Waals surface area contributed by atoms with E-state index < -0.39 is 74.2 Å². The van der Waals surface area contributed by atoms with Crippen molar-refractivity contribution in [2.45, 2.75) is 49.5 Å². The number of nitrogens with zero attached hydrogens (tertiary/aromatic N) is 5. The fourth-order valence-corrected chi connectivity index (χ4v) is 8.25. The number of nitrogen functional groups attached to an aromatic ring is 1. The van der Waals surface area contributed by atoms with E-state index in [2.05, 4.69) is 54.7 Å². The number of aromatic nitrogens is 6.